The molecule has 1 atom stereocenters. The highest BCUT2D eigenvalue weighted by atomic mass is 35.5. The zero-order chi connectivity index (χ0) is 32.8. The molecule has 1 unspecified atom stereocenters. The number of carbonyl (C=O) groups is 2. The van der Waals surface area contributed by atoms with Crippen LogP contribution in [-0.2, 0) is 32.6 Å². The maximum Gasteiger partial charge on any atom is 0.264 e. The van der Waals surface area contributed by atoms with Crippen LogP contribution in [0.5, 0.6) is 0 Å². The molecule has 0 aliphatic rings. The van der Waals surface area contributed by atoms with Crippen LogP contribution in [0.1, 0.15) is 31.9 Å². The summed E-state index contributed by atoms with van der Waals surface area (Å²) in [5, 5.41) is 4.01. The van der Waals surface area contributed by atoms with Crippen LogP contribution in [0.4, 0.5) is 5.69 Å². The van der Waals surface area contributed by atoms with E-state index in [-0.39, 0.29) is 23.5 Å². The minimum atomic E-state index is -4.24. The maximum absolute atomic E-state index is 14.5. The molecule has 7 nitrogen and oxygen atoms in total. The Balaban J connectivity index is 1.84. The zero-order valence-electron chi connectivity index (χ0n) is 25.1. The van der Waals surface area contributed by atoms with Gasteiger partial charge in [0.25, 0.3) is 10.0 Å². The van der Waals surface area contributed by atoms with Gasteiger partial charge in [-0.2, -0.15) is 0 Å². The average Bonchev–Trinajstić information content (AvgIpc) is 2.98. The second kappa shape index (κ2) is 14.7. The monoisotopic (exact) mass is 685 g/mol. The van der Waals surface area contributed by atoms with Crippen molar-refractivity contribution in [3.05, 3.63) is 129 Å². The molecule has 0 fully saturated rings. The highest BCUT2D eigenvalue weighted by molar-refractivity contribution is 7.92. The Kier molecular flexibility index (Phi) is 11.2. The van der Waals surface area contributed by atoms with Crippen LogP contribution in [-0.4, -0.2) is 43.3 Å². The maximum atomic E-state index is 14.5. The summed E-state index contributed by atoms with van der Waals surface area (Å²) in [7, 11) is -4.24. The van der Waals surface area contributed by atoms with E-state index in [1.807, 2.05) is 51.1 Å². The summed E-state index contributed by atoms with van der Waals surface area (Å²) in [5.41, 5.74) is 0.941. The molecule has 4 aromatic carbocycles. The van der Waals surface area contributed by atoms with Crippen molar-refractivity contribution in [2.45, 2.75) is 50.2 Å². The van der Waals surface area contributed by atoms with Crippen molar-refractivity contribution in [2.75, 3.05) is 10.8 Å². The van der Waals surface area contributed by atoms with Crippen LogP contribution >= 0.6 is 34.8 Å². The Morgan fingerprint density at radius 1 is 0.800 bits per heavy atom. The lowest BCUT2D eigenvalue weighted by Crippen LogP contribution is -2.56. The van der Waals surface area contributed by atoms with E-state index in [2.05, 4.69) is 5.32 Å². The van der Waals surface area contributed by atoms with Gasteiger partial charge in [0.05, 0.1) is 10.6 Å². The first-order valence-electron chi connectivity index (χ1n) is 14.2. The molecule has 0 aliphatic carbocycles. The topological polar surface area (TPSA) is 86.8 Å². The predicted molar refractivity (Wildman–Crippen MR) is 181 cm³/mol. The van der Waals surface area contributed by atoms with Gasteiger partial charge in [-0.15, -0.1) is 0 Å². The van der Waals surface area contributed by atoms with Crippen LogP contribution in [0.2, 0.25) is 15.1 Å². The normalized spacial score (nSPS) is 12.3. The summed E-state index contributed by atoms with van der Waals surface area (Å²) >= 11 is 19.0. The zero-order valence-corrected chi connectivity index (χ0v) is 28.2. The SMILES string of the molecule is CC(C)(C)NC(=O)C(Cc1ccccc1)N(Cc1ccc(Cl)cc1Cl)C(=O)CN(c1cccc(Cl)c1)S(=O)(=O)c1ccccc1. The van der Waals surface area contributed by atoms with E-state index in [1.165, 1.54) is 23.1 Å². The molecule has 1 N–H and O–H groups in total. The minimum Gasteiger partial charge on any atom is -0.350 e. The highest BCUT2D eigenvalue weighted by Gasteiger charge is 2.36. The molecule has 0 spiro atoms. The molecule has 0 aromatic heterocycles. The Morgan fingerprint density at radius 2 is 1.42 bits per heavy atom. The first-order chi connectivity index (χ1) is 21.2. The molecule has 0 radical (unpaired) electrons. The van der Waals surface area contributed by atoms with Crippen LogP contribution in [0, 0.1) is 0 Å². The van der Waals surface area contributed by atoms with Crippen molar-refractivity contribution in [1.82, 2.24) is 10.2 Å². The summed E-state index contributed by atoms with van der Waals surface area (Å²) in [6.07, 6.45) is 0.169. The third-order valence-electron chi connectivity index (χ3n) is 6.83. The Morgan fingerprint density at radius 3 is 2.02 bits per heavy atom. The molecule has 0 saturated carbocycles. The van der Waals surface area contributed by atoms with Gasteiger partial charge in [-0.05, 0) is 74.4 Å². The summed E-state index contributed by atoms with van der Waals surface area (Å²) in [5.74, 6) is -1.02. The smallest absolute Gasteiger partial charge is 0.264 e. The first-order valence-corrected chi connectivity index (χ1v) is 16.7. The predicted octanol–water partition coefficient (Wildman–Crippen LogP) is 7.40. The number of hydrogen-bond donors (Lipinski definition) is 1. The quantitative estimate of drug-likeness (QED) is 0.178. The minimum absolute atomic E-state index is 0.00335. The number of hydrogen-bond acceptors (Lipinski definition) is 4. The fraction of sp³-hybridized carbons (Fsp3) is 0.235. The molecule has 0 aliphatic heterocycles. The first kappa shape index (κ1) is 34.3. The van der Waals surface area contributed by atoms with Crippen molar-refractivity contribution in [1.29, 1.82) is 0 Å². The number of halogens is 3. The summed E-state index contributed by atoms with van der Waals surface area (Å²) in [6.45, 7) is 4.84. The van der Waals surface area contributed by atoms with Gasteiger partial charge in [-0.3, -0.25) is 13.9 Å². The molecular formula is C34H34Cl3N3O4S. The third kappa shape index (κ3) is 9.23. The average molecular weight is 687 g/mol. The Hall–Kier alpha value is -3.56. The van der Waals surface area contributed by atoms with Gasteiger partial charge in [-0.25, -0.2) is 8.42 Å². The number of anilines is 1. The highest BCUT2D eigenvalue weighted by Crippen LogP contribution is 2.28. The number of nitrogens with zero attached hydrogens (tertiary/aromatic N) is 2. The van der Waals surface area contributed by atoms with E-state index in [0.717, 1.165) is 9.87 Å². The lowest BCUT2D eigenvalue weighted by molar-refractivity contribution is -0.140. The largest absolute Gasteiger partial charge is 0.350 e. The molecule has 0 bridgehead atoms. The molecule has 4 rings (SSSR count). The van der Waals surface area contributed by atoms with Gasteiger partial charge in [0.2, 0.25) is 11.8 Å². The van der Waals surface area contributed by atoms with Gasteiger partial charge in [0, 0.05) is 33.6 Å². The molecule has 0 heterocycles. The van der Waals surface area contributed by atoms with E-state index in [9.17, 15) is 18.0 Å². The van der Waals surface area contributed by atoms with E-state index < -0.39 is 40.0 Å². The van der Waals surface area contributed by atoms with Gasteiger partial charge in [0.1, 0.15) is 12.6 Å². The fourth-order valence-electron chi connectivity index (χ4n) is 4.72. The summed E-state index contributed by atoms with van der Waals surface area (Å²) < 4.78 is 29.1. The van der Waals surface area contributed by atoms with E-state index in [4.69, 9.17) is 34.8 Å². The van der Waals surface area contributed by atoms with Crippen LogP contribution in [0.15, 0.2) is 108 Å². The molecule has 2 amide bonds. The number of benzene rings is 4. The lowest BCUT2D eigenvalue weighted by atomic mass is 10.0. The van der Waals surface area contributed by atoms with Crippen LogP contribution in [0.25, 0.3) is 0 Å². The Bertz CT molecular complexity index is 1750. The van der Waals surface area contributed by atoms with Gasteiger partial charge < -0.3 is 10.2 Å². The van der Waals surface area contributed by atoms with Crippen molar-refractivity contribution >= 4 is 62.3 Å². The van der Waals surface area contributed by atoms with Gasteiger partial charge in [0.15, 0.2) is 0 Å². The van der Waals surface area contributed by atoms with Gasteiger partial charge >= 0.3 is 0 Å². The standard InChI is InChI=1S/C34H34Cl3N3O4S/c1-34(2,3)38-33(42)31(19-24-11-6-4-7-12-24)39(22-25-17-18-27(36)21-30(25)37)32(41)23-40(28-14-10-13-26(35)20-28)45(43,44)29-15-8-5-9-16-29/h4-18,20-21,31H,19,22-23H2,1-3H3,(H,38,42). The summed E-state index contributed by atoms with van der Waals surface area (Å²) in [6, 6.07) is 27.2. The van der Waals surface area contributed by atoms with Crippen LogP contribution in [0.3, 0.4) is 0 Å². The fourth-order valence-corrected chi connectivity index (χ4v) is 6.80. The van der Waals surface area contributed by atoms with Crippen molar-refractivity contribution in [2.24, 2.45) is 0 Å². The molecule has 236 valence electrons. The number of nitrogens with one attached hydrogen (secondary N) is 1. The van der Waals surface area contributed by atoms with Crippen molar-refractivity contribution < 1.29 is 18.0 Å². The van der Waals surface area contributed by atoms with E-state index in [0.29, 0.717) is 20.6 Å². The van der Waals surface area contributed by atoms with Gasteiger partial charge in [-0.1, -0.05) is 95.5 Å². The summed E-state index contributed by atoms with van der Waals surface area (Å²) in [4.78, 5) is 29.8. The number of amides is 2. The number of rotatable bonds is 11. The van der Waals surface area contributed by atoms with Crippen molar-refractivity contribution in [3.63, 3.8) is 0 Å². The molecule has 11 heteroatoms. The number of sulfonamides is 1. The molecule has 4 aromatic rings. The second-order valence-electron chi connectivity index (χ2n) is 11.5. The molecule has 45 heavy (non-hydrogen) atoms. The Labute approximate surface area is 279 Å². The number of carbonyl (C=O) groups excluding carboxylic acids is 2. The lowest BCUT2D eigenvalue weighted by Gasteiger charge is -2.35. The molecule has 0 saturated heterocycles. The molecular weight excluding hydrogens is 653 g/mol. The van der Waals surface area contributed by atoms with E-state index in [1.54, 1.807) is 54.6 Å². The van der Waals surface area contributed by atoms with Crippen LogP contribution < -0.4 is 9.62 Å². The third-order valence-corrected chi connectivity index (χ3v) is 9.44. The van der Waals surface area contributed by atoms with Crippen molar-refractivity contribution in [3.8, 4) is 0 Å². The second-order valence-corrected chi connectivity index (χ2v) is 14.6. The van der Waals surface area contributed by atoms with E-state index >= 15 is 0 Å².